The van der Waals surface area contributed by atoms with Crippen LogP contribution in [0, 0.1) is 31.1 Å². The van der Waals surface area contributed by atoms with Crippen LogP contribution in [-0.4, -0.2) is 16.2 Å². The predicted octanol–water partition coefficient (Wildman–Crippen LogP) is 2.18. The Hall–Kier alpha value is -1.63. The Morgan fingerprint density at radius 2 is 2.00 bits per heavy atom. The highest BCUT2D eigenvalue weighted by molar-refractivity contribution is 5.56. The van der Waals surface area contributed by atoms with Crippen LogP contribution in [0.15, 0.2) is 0 Å². The smallest absolute Gasteiger partial charge is 0.167 e. The fourth-order valence-corrected chi connectivity index (χ4v) is 2.06. The van der Waals surface area contributed by atoms with Gasteiger partial charge in [0.05, 0.1) is 5.69 Å². The van der Waals surface area contributed by atoms with Gasteiger partial charge in [0.25, 0.3) is 0 Å². The maximum absolute atomic E-state index is 9.12. The van der Waals surface area contributed by atoms with Gasteiger partial charge in [-0.2, -0.15) is 10.4 Å². The van der Waals surface area contributed by atoms with Crippen LogP contribution in [-0.2, 0) is 0 Å². The molecular weight excluding hydrogens is 200 g/mol. The molecule has 0 aromatic carbocycles. The maximum Gasteiger partial charge on any atom is 0.167 e. The highest BCUT2D eigenvalue weighted by atomic mass is 15.2. The molecule has 1 N–H and O–H groups in total. The van der Waals surface area contributed by atoms with E-state index in [9.17, 15) is 0 Å². The zero-order valence-electron chi connectivity index (χ0n) is 9.91. The Labute approximate surface area is 95.7 Å². The first-order valence-corrected chi connectivity index (χ1v) is 5.62. The van der Waals surface area contributed by atoms with E-state index in [1.54, 1.807) is 0 Å². The summed E-state index contributed by atoms with van der Waals surface area (Å²) in [5.41, 5.74) is 2.38. The molecule has 0 amide bonds. The molecule has 0 bridgehead atoms. The molecule has 16 heavy (non-hydrogen) atoms. The molecule has 0 radical (unpaired) electrons. The monoisotopic (exact) mass is 216 g/mol. The first kappa shape index (κ1) is 10.9. The minimum Gasteiger partial charge on any atom is -0.365 e. The molecule has 1 fully saturated rings. The fourth-order valence-electron chi connectivity index (χ4n) is 2.06. The normalized spacial score (nSPS) is 23.4. The molecule has 0 unspecified atom stereocenters. The summed E-state index contributed by atoms with van der Waals surface area (Å²) in [6.45, 7) is 6.02. The van der Waals surface area contributed by atoms with Crippen molar-refractivity contribution in [3.8, 4) is 6.07 Å². The summed E-state index contributed by atoms with van der Waals surface area (Å²) in [5.74, 6) is 1.42. The molecule has 2 rings (SSSR count). The average Bonchev–Trinajstić information content (AvgIpc) is 2.21. The van der Waals surface area contributed by atoms with Crippen molar-refractivity contribution in [2.45, 2.75) is 39.7 Å². The first-order valence-electron chi connectivity index (χ1n) is 5.62. The van der Waals surface area contributed by atoms with Crippen LogP contribution in [0.5, 0.6) is 0 Å². The van der Waals surface area contributed by atoms with E-state index < -0.39 is 0 Å². The number of hydrogen-bond acceptors (Lipinski definition) is 4. The Bertz CT molecular complexity index is 441. The minimum absolute atomic E-state index is 0.457. The second-order valence-electron chi connectivity index (χ2n) is 4.66. The van der Waals surface area contributed by atoms with E-state index in [-0.39, 0.29) is 0 Å². The van der Waals surface area contributed by atoms with Crippen LogP contribution >= 0.6 is 0 Å². The zero-order valence-corrected chi connectivity index (χ0v) is 9.91. The summed E-state index contributed by atoms with van der Waals surface area (Å²) < 4.78 is 0. The van der Waals surface area contributed by atoms with Gasteiger partial charge >= 0.3 is 0 Å². The van der Waals surface area contributed by atoms with Crippen LogP contribution in [0.2, 0.25) is 0 Å². The van der Waals surface area contributed by atoms with Gasteiger partial charge in [0.15, 0.2) is 5.82 Å². The SMILES string of the molecule is Cc1nnc(NC2CC(C)C2)c(C#N)c1C. The summed E-state index contributed by atoms with van der Waals surface area (Å²) >= 11 is 0. The molecule has 0 saturated heterocycles. The number of nitrogens with zero attached hydrogens (tertiary/aromatic N) is 3. The lowest BCUT2D eigenvalue weighted by Gasteiger charge is -2.33. The molecule has 4 heteroatoms. The van der Waals surface area contributed by atoms with Crippen molar-refractivity contribution >= 4 is 5.82 Å². The number of hydrogen-bond donors (Lipinski definition) is 1. The molecule has 4 nitrogen and oxygen atoms in total. The van der Waals surface area contributed by atoms with Gasteiger partial charge in [-0.1, -0.05) is 6.92 Å². The molecule has 1 aromatic rings. The van der Waals surface area contributed by atoms with Crippen molar-refractivity contribution in [1.82, 2.24) is 10.2 Å². The molecule has 1 aliphatic carbocycles. The van der Waals surface area contributed by atoms with Gasteiger partial charge in [0, 0.05) is 6.04 Å². The summed E-state index contributed by atoms with van der Waals surface area (Å²) in [4.78, 5) is 0. The molecule has 1 aromatic heterocycles. The van der Waals surface area contributed by atoms with Gasteiger partial charge < -0.3 is 5.32 Å². The van der Waals surface area contributed by atoms with Crippen molar-refractivity contribution in [3.63, 3.8) is 0 Å². The van der Waals surface area contributed by atoms with Gasteiger partial charge in [0.2, 0.25) is 0 Å². The van der Waals surface area contributed by atoms with Crippen molar-refractivity contribution < 1.29 is 0 Å². The van der Waals surface area contributed by atoms with Crippen molar-refractivity contribution in [2.75, 3.05) is 5.32 Å². The summed E-state index contributed by atoms with van der Waals surface area (Å²) in [5, 5.41) is 20.5. The highest BCUT2D eigenvalue weighted by Gasteiger charge is 2.26. The number of aromatic nitrogens is 2. The third-order valence-electron chi connectivity index (χ3n) is 3.28. The number of anilines is 1. The standard InChI is InChI=1S/C12H16N4/c1-7-4-10(5-7)14-12-11(6-13)8(2)9(3)15-16-12/h7,10H,4-5H2,1-3H3,(H,14,16). The number of nitrogens with one attached hydrogen (secondary N) is 1. The largest absolute Gasteiger partial charge is 0.365 e. The molecule has 0 atom stereocenters. The van der Waals surface area contributed by atoms with Crippen molar-refractivity contribution in [2.24, 2.45) is 5.92 Å². The first-order chi connectivity index (χ1) is 7.61. The van der Waals surface area contributed by atoms with Crippen LogP contribution in [0.3, 0.4) is 0 Å². The van der Waals surface area contributed by atoms with E-state index in [2.05, 4.69) is 28.5 Å². The lowest BCUT2D eigenvalue weighted by molar-refractivity contribution is 0.308. The van der Waals surface area contributed by atoms with Gasteiger partial charge in [-0.05, 0) is 38.2 Å². The molecule has 1 heterocycles. The van der Waals surface area contributed by atoms with Gasteiger partial charge in [-0.15, -0.1) is 5.10 Å². The molecular formula is C12H16N4. The van der Waals surface area contributed by atoms with Crippen molar-refractivity contribution in [3.05, 3.63) is 16.8 Å². The lowest BCUT2D eigenvalue weighted by atomic mass is 9.82. The third-order valence-corrected chi connectivity index (χ3v) is 3.28. The summed E-state index contributed by atoms with van der Waals surface area (Å²) in [6, 6.07) is 2.66. The van der Waals surface area contributed by atoms with E-state index in [0.29, 0.717) is 17.4 Å². The summed E-state index contributed by atoms with van der Waals surface area (Å²) in [6.07, 6.45) is 2.30. The van der Waals surface area contributed by atoms with Crippen LogP contribution in [0.1, 0.15) is 36.6 Å². The topological polar surface area (TPSA) is 61.6 Å². The highest BCUT2D eigenvalue weighted by Crippen LogP contribution is 2.30. The Kier molecular flexibility index (Phi) is 2.78. The van der Waals surface area contributed by atoms with Gasteiger partial charge in [-0.25, -0.2) is 0 Å². The molecule has 0 spiro atoms. The zero-order chi connectivity index (χ0) is 11.7. The third kappa shape index (κ3) is 1.85. The Balaban J connectivity index is 2.21. The number of nitriles is 1. The second-order valence-corrected chi connectivity index (χ2v) is 4.66. The predicted molar refractivity (Wildman–Crippen MR) is 62.0 cm³/mol. The molecule has 1 aliphatic rings. The van der Waals surface area contributed by atoms with Crippen molar-refractivity contribution in [1.29, 1.82) is 5.26 Å². The quantitative estimate of drug-likeness (QED) is 0.823. The van der Waals surface area contributed by atoms with E-state index in [0.717, 1.165) is 30.0 Å². The van der Waals surface area contributed by atoms with E-state index >= 15 is 0 Å². The Morgan fingerprint density at radius 3 is 2.56 bits per heavy atom. The fraction of sp³-hybridized carbons (Fsp3) is 0.583. The minimum atomic E-state index is 0.457. The van der Waals surface area contributed by atoms with E-state index in [4.69, 9.17) is 5.26 Å². The maximum atomic E-state index is 9.12. The lowest BCUT2D eigenvalue weighted by Crippen LogP contribution is -2.34. The van der Waals surface area contributed by atoms with Crippen LogP contribution < -0.4 is 5.32 Å². The number of rotatable bonds is 2. The average molecular weight is 216 g/mol. The van der Waals surface area contributed by atoms with Crippen LogP contribution in [0.25, 0.3) is 0 Å². The summed E-state index contributed by atoms with van der Waals surface area (Å²) in [7, 11) is 0. The Morgan fingerprint density at radius 1 is 1.31 bits per heavy atom. The van der Waals surface area contributed by atoms with Crippen LogP contribution in [0.4, 0.5) is 5.82 Å². The molecule has 1 saturated carbocycles. The second kappa shape index (κ2) is 4.09. The van der Waals surface area contributed by atoms with Gasteiger partial charge in [0.1, 0.15) is 11.6 Å². The van der Waals surface area contributed by atoms with E-state index in [1.165, 1.54) is 0 Å². The molecule has 0 aliphatic heterocycles. The van der Waals surface area contributed by atoms with E-state index in [1.807, 2.05) is 13.8 Å². The van der Waals surface area contributed by atoms with Gasteiger partial charge in [-0.3, -0.25) is 0 Å². The number of aryl methyl sites for hydroxylation is 1. The molecule has 84 valence electrons.